The maximum Gasteiger partial charge on any atom is 0.225 e. The molecule has 0 saturated heterocycles. The van der Waals surface area contributed by atoms with Gasteiger partial charge in [-0.3, -0.25) is 4.79 Å². The van der Waals surface area contributed by atoms with E-state index in [0.29, 0.717) is 13.0 Å². The Kier molecular flexibility index (Phi) is 8.17. The average molecular weight is 222 g/mol. The Bertz CT molecular complexity index is 293. The minimum atomic E-state index is -0.0308. The summed E-state index contributed by atoms with van der Waals surface area (Å²) in [7, 11) is 0. The molecule has 1 aromatic rings. The number of aryl methyl sites for hydroxylation is 1. The van der Waals surface area contributed by atoms with Crippen molar-refractivity contribution in [1.82, 2.24) is 0 Å². The second-order valence-electron chi connectivity index (χ2n) is 3.14. The molecule has 0 aliphatic rings. The first-order chi connectivity index (χ1) is 7.76. The molecule has 0 aliphatic heterocycles. The van der Waals surface area contributed by atoms with E-state index in [2.05, 4.69) is 12.2 Å². The van der Waals surface area contributed by atoms with Gasteiger partial charge < -0.3 is 11.1 Å². The van der Waals surface area contributed by atoms with Crippen molar-refractivity contribution in [2.24, 2.45) is 5.73 Å². The minimum Gasteiger partial charge on any atom is -0.330 e. The van der Waals surface area contributed by atoms with Crippen LogP contribution in [-0.4, -0.2) is 12.5 Å². The van der Waals surface area contributed by atoms with E-state index in [9.17, 15) is 4.79 Å². The van der Waals surface area contributed by atoms with E-state index in [1.807, 2.05) is 38.1 Å². The van der Waals surface area contributed by atoms with Gasteiger partial charge in [-0.15, -0.1) is 0 Å². The quantitative estimate of drug-likeness (QED) is 0.822. The number of rotatable bonds is 4. The summed E-state index contributed by atoms with van der Waals surface area (Å²) in [6.07, 6.45) is 1.38. The molecule has 0 radical (unpaired) electrons. The van der Waals surface area contributed by atoms with Crippen LogP contribution in [0.5, 0.6) is 0 Å². The third kappa shape index (κ3) is 5.51. The van der Waals surface area contributed by atoms with Crippen molar-refractivity contribution in [2.45, 2.75) is 33.6 Å². The first-order valence-corrected chi connectivity index (χ1v) is 5.85. The lowest BCUT2D eigenvalue weighted by atomic mass is 10.1. The summed E-state index contributed by atoms with van der Waals surface area (Å²) in [6.45, 7) is 6.49. The van der Waals surface area contributed by atoms with Gasteiger partial charge in [0.25, 0.3) is 0 Å². The summed E-state index contributed by atoms with van der Waals surface area (Å²) in [6, 6.07) is 7.84. The van der Waals surface area contributed by atoms with Gasteiger partial charge in [-0.1, -0.05) is 32.9 Å². The summed E-state index contributed by atoms with van der Waals surface area (Å²) in [4.78, 5) is 11.2. The molecule has 0 atom stereocenters. The molecule has 3 heteroatoms. The fourth-order valence-corrected chi connectivity index (χ4v) is 1.18. The van der Waals surface area contributed by atoms with Gasteiger partial charge >= 0.3 is 0 Å². The fraction of sp³-hybridized carbons (Fsp3) is 0.462. The van der Waals surface area contributed by atoms with Crippen molar-refractivity contribution >= 4 is 11.6 Å². The summed E-state index contributed by atoms with van der Waals surface area (Å²) in [5.74, 6) is -0.0308. The zero-order chi connectivity index (χ0) is 12.4. The van der Waals surface area contributed by atoms with Crippen LogP contribution in [0, 0.1) is 0 Å². The van der Waals surface area contributed by atoms with Crippen LogP contribution < -0.4 is 11.1 Å². The predicted octanol–water partition coefficient (Wildman–Crippen LogP) is 2.56. The van der Waals surface area contributed by atoms with Crippen LogP contribution in [0.25, 0.3) is 0 Å². The largest absolute Gasteiger partial charge is 0.330 e. The van der Waals surface area contributed by atoms with E-state index in [-0.39, 0.29) is 5.91 Å². The van der Waals surface area contributed by atoms with E-state index in [0.717, 1.165) is 12.1 Å². The smallest absolute Gasteiger partial charge is 0.225 e. The van der Waals surface area contributed by atoms with Crippen molar-refractivity contribution in [3.8, 4) is 0 Å². The van der Waals surface area contributed by atoms with Gasteiger partial charge in [0.2, 0.25) is 5.91 Å². The second kappa shape index (κ2) is 8.92. The lowest BCUT2D eigenvalue weighted by molar-refractivity contribution is -0.116. The molecule has 0 aliphatic carbocycles. The molecule has 90 valence electrons. The number of carbonyl (C=O) groups is 1. The lowest BCUT2D eigenvalue weighted by Crippen LogP contribution is -2.16. The SMILES string of the molecule is CC.CCc1ccc(NC(=O)CCN)cc1. The van der Waals surface area contributed by atoms with Crippen LogP contribution in [0.15, 0.2) is 24.3 Å². The van der Waals surface area contributed by atoms with E-state index < -0.39 is 0 Å². The molecule has 3 nitrogen and oxygen atoms in total. The Morgan fingerprint density at radius 2 is 1.81 bits per heavy atom. The molecule has 0 aromatic heterocycles. The Balaban J connectivity index is 0.00000106. The monoisotopic (exact) mass is 222 g/mol. The molecule has 3 N–H and O–H groups in total. The maximum absolute atomic E-state index is 11.2. The van der Waals surface area contributed by atoms with E-state index in [1.54, 1.807) is 0 Å². The van der Waals surface area contributed by atoms with E-state index in [1.165, 1.54) is 5.56 Å². The number of nitrogens with two attached hydrogens (primary N) is 1. The molecule has 1 aromatic carbocycles. The van der Waals surface area contributed by atoms with Crippen molar-refractivity contribution in [2.75, 3.05) is 11.9 Å². The predicted molar refractivity (Wildman–Crippen MR) is 69.5 cm³/mol. The first kappa shape index (κ1) is 14.6. The number of hydrogen-bond acceptors (Lipinski definition) is 2. The molecule has 16 heavy (non-hydrogen) atoms. The number of nitrogens with one attached hydrogen (secondary N) is 1. The summed E-state index contributed by atoms with van der Waals surface area (Å²) >= 11 is 0. The lowest BCUT2D eigenvalue weighted by Gasteiger charge is -2.04. The van der Waals surface area contributed by atoms with Crippen molar-refractivity contribution in [3.63, 3.8) is 0 Å². The van der Waals surface area contributed by atoms with Crippen molar-refractivity contribution in [3.05, 3.63) is 29.8 Å². The summed E-state index contributed by atoms with van der Waals surface area (Å²) in [5.41, 5.74) is 7.37. The molecular weight excluding hydrogens is 200 g/mol. The first-order valence-electron chi connectivity index (χ1n) is 5.85. The van der Waals surface area contributed by atoms with E-state index in [4.69, 9.17) is 5.73 Å². The van der Waals surface area contributed by atoms with Crippen LogP contribution in [0.2, 0.25) is 0 Å². The van der Waals surface area contributed by atoms with Crippen LogP contribution in [0.1, 0.15) is 32.8 Å². The maximum atomic E-state index is 11.2. The highest BCUT2D eigenvalue weighted by molar-refractivity contribution is 5.90. The highest BCUT2D eigenvalue weighted by Crippen LogP contribution is 2.09. The van der Waals surface area contributed by atoms with Gasteiger partial charge in [0.15, 0.2) is 0 Å². The molecule has 0 heterocycles. The van der Waals surface area contributed by atoms with Crippen LogP contribution in [-0.2, 0) is 11.2 Å². The van der Waals surface area contributed by atoms with Gasteiger partial charge in [0, 0.05) is 18.7 Å². The molecule has 1 rings (SSSR count). The van der Waals surface area contributed by atoms with Crippen LogP contribution >= 0.6 is 0 Å². The van der Waals surface area contributed by atoms with Gasteiger partial charge in [0.05, 0.1) is 0 Å². The number of amides is 1. The van der Waals surface area contributed by atoms with Gasteiger partial charge in [-0.05, 0) is 24.1 Å². The van der Waals surface area contributed by atoms with Gasteiger partial charge in [-0.2, -0.15) is 0 Å². The van der Waals surface area contributed by atoms with Crippen molar-refractivity contribution < 1.29 is 4.79 Å². The van der Waals surface area contributed by atoms with Crippen molar-refractivity contribution in [1.29, 1.82) is 0 Å². The summed E-state index contributed by atoms with van der Waals surface area (Å²) < 4.78 is 0. The summed E-state index contributed by atoms with van der Waals surface area (Å²) in [5, 5.41) is 2.78. The molecular formula is C13H22N2O. The molecule has 0 fully saturated rings. The topological polar surface area (TPSA) is 55.1 Å². The number of hydrogen-bond donors (Lipinski definition) is 2. The molecule has 0 unspecified atom stereocenters. The number of benzene rings is 1. The Morgan fingerprint density at radius 1 is 1.25 bits per heavy atom. The number of anilines is 1. The average Bonchev–Trinajstić information content (AvgIpc) is 2.33. The van der Waals surface area contributed by atoms with Gasteiger partial charge in [0.1, 0.15) is 0 Å². The fourth-order valence-electron chi connectivity index (χ4n) is 1.18. The highest BCUT2D eigenvalue weighted by atomic mass is 16.1. The van der Waals surface area contributed by atoms with Gasteiger partial charge in [-0.25, -0.2) is 0 Å². The highest BCUT2D eigenvalue weighted by Gasteiger charge is 1.99. The molecule has 0 saturated carbocycles. The third-order valence-electron chi connectivity index (χ3n) is 2.02. The second-order valence-corrected chi connectivity index (χ2v) is 3.14. The Hall–Kier alpha value is -1.35. The normalized spacial score (nSPS) is 9.00. The number of carbonyl (C=O) groups excluding carboxylic acids is 1. The molecule has 0 spiro atoms. The zero-order valence-electron chi connectivity index (χ0n) is 10.4. The molecule has 1 amide bonds. The van der Waals surface area contributed by atoms with E-state index >= 15 is 0 Å². The Labute approximate surface area is 98.0 Å². The Morgan fingerprint density at radius 3 is 2.25 bits per heavy atom. The third-order valence-corrected chi connectivity index (χ3v) is 2.02. The zero-order valence-corrected chi connectivity index (χ0v) is 10.4. The standard InChI is InChI=1S/C11H16N2O.C2H6/c1-2-9-3-5-10(6-4-9)13-11(14)7-8-12;1-2/h3-6H,2,7-8,12H2,1H3,(H,13,14);1-2H3. The van der Waals surface area contributed by atoms with Crippen LogP contribution in [0.3, 0.4) is 0 Å². The molecule has 0 bridgehead atoms. The van der Waals surface area contributed by atoms with Crippen LogP contribution in [0.4, 0.5) is 5.69 Å². The minimum absolute atomic E-state index is 0.0308.